The van der Waals surface area contributed by atoms with Crippen molar-refractivity contribution in [2.75, 3.05) is 19.6 Å². The first-order valence-electron chi connectivity index (χ1n) is 7.99. The maximum absolute atomic E-state index is 11.9. The van der Waals surface area contributed by atoms with Gasteiger partial charge in [-0.2, -0.15) is 0 Å². The fourth-order valence-electron chi connectivity index (χ4n) is 3.33. The molecule has 0 radical (unpaired) electrons. The van der Waals surface area contributed by atoms with Crippen molar-refractivity contribution in [1.29, 1.82) is 0 Å². The highest BCUT2D eigenvalue weighted by Gasteiger charge is 2.30. The summed E-state index contributed by atoms with van der Waals surface area (Å²) in [5.41, 5.74) is 1.34. The zero-order chi connectivity index (χ0) is 14.7. The highest BCUT2D eigenvalue weighted by molar-refractivity contribution is 6.30. The second-order valence-corrected chi connectivity index (χ2v) is 6.65. The van der Waals surface area contributed by atoms with Gasteiger partial charge < -0.3 is 10.2 Å². The minimum absolute atomic E-state index is 0.311. The number of carbonyl (C=O) groups excluding carboxylic acids is 1. The number of nitrogens with zero attached hydrogens (tertiary/aromatic N) is 1. The first-order valence-corrected chi connectivity index (χ1v) is 8.37. The summed E-state index contributed by atoms with van der Waals surface area (Å²) in [5.74, 6) is 0.932. The normalized spacial score (nSPS) is 24.9. The molecule has 3 nitrogen and oxygen atoms in total. The monoisotopic (exact) mass is 306 g/mol. The van der Waals surface area contributed by atoms with Crippen molar-refractivity contribution in [2.45, 2.75) is 44.1 Å². The van der Waals surface area contributed by atoms with Gasteiger partial charge in [-0.3, -0.25) is 4.79 Å². The van der Waals surface area contributed by atoms with Crippen LogP contribution in [0.5, 0.6) is 0 Å². The number of likely N-dealkylation sites (tertiary alicyclic amines) is 1. The lowest BCUT2D eigenvalue weighted by molar-refractivity contribution is -0.130. The van der Waals surface area contributed by atoms with Gasteiger partial charge >= 0.3 is 0 Å². The lowest BCUT2D eigenvalue weighted by Crippen LogP contribution is -2.41. The molecular formula is C17H23ClN2O. The van der Waals surface area contributed by atoms with Crippen LogP contribution in [0.15, 0.2) is 24.3 Å². The summed E-state index contributed by atoms with van der Waals surface area (Å²) >= 11 is 6.03. The maximum atomic E-state index is 11.9. The molecule has 21 heavy (non-hydrogen) atoms. The van der Waals surface area contributed by atoms with Gasteiger partial charge in [-0.05, 0) is 49.3 Å². The SMILES string of the molecule is O=C(CCNC1CC(c2cccc(Cl)c2)C1)N1CCCC1. The van der Waals surface area contributed by atoms with Crippen molar-refractivity contribution in [3.63, 3.8) is 0 Å². The molecule has 1 saturated carbocycles. The van der Waals surface area contributed by atoms with E-state index >= 15 is 0 Å². The molecule has 1 amide bonds. The number of carbonyl (C=O) groups is 1. The summed E-state index contributed by atoms with van der Waals surface area (Å²) < 4.78 is 0. The summed E-state index contributed by atoms with van der Waals surface area (Å²) in [5, 5.41) is 4.33. The third kappa shape index (κ3) is 3.78. The van der Waals surface area contributed by atoms with Gasteiger partial charge in [0.1, 0.15) is 0 Å². The van der Waals surface area contributed by atoms with E-state index in [4.69, 9.17) is 11.6 Å². The van der Waals surface area contributed by atoms with E-state index in [1.165, 1.54) is 18.4 Å². The van der Waals surface area contributed by atoms with Crippen LogP contribution in [0.2, 0.25) is 5.02 Å². The Morgan fingerprint density at radius 1 is 1.29 bits per heavy atom. The Bertz CT molecular complexity index is 493. The maximum Gasteiger partial charge on any atom is 0.223 e. The number of amides is 1. The molecule has 2 aliphatic rings. The van der Waals surface area contributed by atoms with Gasteiger partial charge in [0.2, 0.25) is 5.91 Å². The molecule has 1 aliphatic carbocycles. The van der Waals surface area contributed by atoms with Gasteiger partial charge in [0.15, 0.2) is 0 Å². The Morgan fingerprint density at radius 2 is 2.05 bits per heavy atom. The van der Waals surface area contributed by atoms with Crippen LogP contribution in [0.4, 0.5) is 0 Å². The standard InChI is InChI=1S/C17H23ClN2O/c18-15-5-3-4-13(10-15)14-11-16(12-14)19-7-6-17(21)20-8-1-2-9-20/h3-5,10,14,16,19H,1-2,6-9,11-12H2. The highest BCUT2D eigenvalue weighted by Crippen LogP contribution is 2.37. The Kier molecular flexibility index (Phi) is 4.81. The fraction of sp³-hybridized carbons (Fsp3) is 0.588. The largest absolute Gasteiger partial charge is 0.343 e. The van der Waals surface area contributed by atoms with Gasteiger partial charge in [0, 0.05) is 37.1 Å². The number of rotatable bonds is 5. The molecule has 1 aliphatic heterocycles. The van der Waals surface area contributed by atoms with Crippen LogP contribution in [-0.2, 0) is 4.79 Å². The molecule has 1 heterocycles. The summed E-state index contributed by atoms with van der Waals surface area (Å²) in [6, 6.07) is 8.72. The van der Waals surface area contributed by atoms with Crippen molar-refractivity contribution in [3.05, 3.63) is 34.9 Å². The minimum atomic E-state index is 0.311. The summed E-state index contributed by atoms with van der Waals surface area (Å²) in [6.07, 6.45) is 5.28. The zero-order valence-electron chi connectivity index (χ0n) is 12.4. The molecule has 0 spiro atoms. The predicted molar refractivity (Wildman–Crippen MR) is 85.6 cm³/mol. The molecule has 0 aromatic heterocycles. The van der Waals surface area contributed by atoms with E-state index in [1.807, 2.05) is 17.0 Å². The van der Waals surface area contributed by atoms with Crippen molar-refractivity contribution in [3.8, 4) is 0 Å². The average Bonchev–Trinajstić information content (AvgIpc) is 2.95. The van der Waals surface area contributed by atoms with Crippen molar-refractivity contribution in [2.24, 2.45) is 0 Å². The molecule has 4 heteroatoms. The van der Waals surface area contributed by atoms with E-state index in [0.29, 0.717) is 24.3 Å². The van der Waals surface area contributed by atoms with Gasteiger partial charge in [-0.15, -0.1) is 0 Å². The molecule has 2 fully saturated rings. The molecule has 1 aromatic rings. The molecular weight excluding hydrogens is 284 g/mol. The molecule has 1 aromatic carbocycles. The number of halogens is 1. The fourth-order valence-corrected chi connectivity index (χ4v) is 3.52. The van der Waals surface area contributed by atoms with Crippen LogP contribution in [0, 0.1) is 0 Å². The molecule has 0 atom stereocenters. The molecule has 0 unspecified atom stereocenters. The summed E-state index contributed by atoms with van der Waals surface area (Å²) in [6.45, 7) is 2.72. The van der Waals surface area contributed by atoms with Gasteiger partial charge in [0.25, 0.3) is 0 Å². The predicted octanol–water partition coefficient (Wildman–Crippen LogP) is 3.19. The van der Waals surface area contributed by atoms with Crippen molar-refractivity contribution in [1.82, 2.24) is 10.2 Å². The number of benzene rings is 1. The smallest absolute Gasteiger partial charge is 0.223 e. The molecule has 3 rings (SSSR count). The molecule has 1 saturated heterocycles. The Hall–Kier alpha value is -1.06. The molecule has 114 valence electrons. The van der Waals surface area contributed by atoms with Crippen molar-refractivity contribution < 1.29 is 4.79 Å². The van der Waals surface area contributed by atoms with Gasteiger partial charge in [0.05, 0.1) is 0 Å². The first-order chi connectivity index (χ1) is 10.2. The number of nitrogens with one attached hydrogen (secondary N) is 1. The lowest BCUT2D eigenvalue weighted by atomic mass is 9.76. The Labute approximate surface area is 131 Å². The number of hydrogen-bond donors (Lipinski definition) is 1. The van der Waals surface area contributed by atoms with Crippen LogP contribution in [0.25, 0.3) is 0 Å². The topological polar surface area (TPSA) is 32.3 Å². The molecule has 1 N–H and O–H groups in total. The van der Waals surface area contributed by atoms with Gasteiger partial charge in [-0.25, -0.2) is 0 Å². The number of hydrogen-bond acceptors (Lipinski definition) is 2. The second kappa shape index (κ2) is 6.80. The third-order valence-corrected chi connectivity index (χ3v) is 4.92. The summed E-state index contributed by atoms with van der Waals surface area (Å²) in [4.78, 5) is 13.9. The highest BCUT2D eigenvalue weighted by atomic mass is 35.5. The molecule has 0 bridgehead atoms. The van der Waals surface area contributed by atoms with E-state index in [9.17, 15) is 4.79 Å². The van der Waals surface area contributed by atoms with Crippen LogP contribution in [0.1, 0.15) is 43.6 Å². The minimum Gasteiger partial charge on any atom is -0.343 e. The van der Waals surface area contributed by atoms with Crippen molar-refractivity contribution >= 4 is 17.5 Å². The van der Waals surface area contributed by atoms with Crippen LogP contribution < -0.4 is 5.32 Å². The van der Waals surface area contributed by atoms with E-state index in [-0.39, 0.29) is 0 Å². The first kappa shape index (κ1) is 14.9. The van der Waals surface area contributed by atoms with Crippen LogP contribution in [-0.4, -0.2) is 36.5 Å². The summed E-state index contributed by atoms with van der Waals surface area (Å²) in [7, 11) is 0. The Morgan fingerprint density at radius 3 is 2.76 bits per heavy atom. The lowest BCUT2D eigenvalue weighted by Gasteiger charge is -2.36. The average molecular weight is 307 g/mol. The van der Waals surface area contributed by atoms with E-state index in [0.717, 1.165) is 37.5 Å². The van der Waals surface area contributed by atoms with E-state index in [2.05, 4.69) is 17.4 Å². The van der Waals surface area contributed by atoms with Gasteiger partial charge in [-0.1, -0.05) is 23.7 Å². The Balaban J connectivity index is 1.34. The second-order valence-electron chi connectivity index (χ2n) is 6.21. The van der Waals surface area contributed by atoms with Crippen LogP contribution in [0.3, 0.4) is 0 Å². The third-order valence-electron chi connectivity index (χ3n) is 4.69. The van der Waals surface area contributed by atoms with Crippen LogP contribution >= 0.6 is 11.6 Å². The quantitative estimate of drug-likeness (QED) is 0.906. The van der Waals surface area contributed by atoms with E-state index < -0.39 is 0 Å². The van der Waals surface area contributed by atoms with E-state index in [1.54, 1.807) is 0 Å². The zero-order valence-corrected chi connectivity index (χ0v) is 13.1.